The number of aryl methyl sites for hydroxylation is 3. The maximum atomic E-state index is 12.7. The Balaban J connectivity index is 1.85. The van der Waals surface area contributed by atoms with Gasteiger partial charge < -0.3 is 14.5 Å². The molecular weight excluding hydrogens is 396 g/mol. The van der Waals surface area contributed by atoms with Gasteiger partial charge >= 0.3 is 11.1 Å². The van der Waals surface area contributed by atoms with Crippen LogP contribution in [0.5, 0.6) is 0 Å². The second-order valence-electron chi connectivity index (χ2n) is 6.66. The molecule has 2 aromatic heterocycles. The third kappa shape index (κ3) is 3.97. The summed E-state index contributed by atoms with van der Waals surface area (Å²) in [5.74, 6) is -0.488. The highest BCUT2D eigenvalue weighted by molar-refractivity contribution is 7.91. The molecule has 29 heavy (non-hydrogen) atoms. The van der Waals surface area contributed by atoms with Gasteiger partial charge in [0.1, 0.15) is 5.82 Å². The fraction of sp³-hybridized carbons (Fsp3) is 0.263. The maximum absolute atomic E-state index is 12.7. The van der Waals surface area contributed by atoms with Gasteiger partial charge in [0, 0.05) is 26.7 Å². The molecule has 0 bridgehead atoms. The van der Waals surface area contributed by atoms with Crippen LogP contribution in [0.15, 0.2) is 51.0 Å². The fourth-order valence-corrected chi connectivity index (χ4v) is 4.17. The van der Waals surface area contributed by atoms with E-state index in [1.165, 1.54) is 43.1 Å². The van der Waals surface area contributed by atoms with Gasteiger partial charge in [-0.1, -0.05) is 6.07 Å². The summed E-state index contributed by atoms with van der Waals surface area (Å²) in [6.07, 6.45) is 1.29. The number of rotatable bonds is 5. The zero-order valence-corrected chi connectivity index (χ0v) is 17.0. The summed E-state index contributed by atoms with van der Waals surface area (Å²) >= 11 is 0. The Labute approximate surface area is 166 Å². The molecule has 0 aliphatic rings. The number of hydrogen-bond acceptors (Lipinski definition) is 6. The van der Waals surface area contributed by atoms with Crippen molar-refractivity contribution >= 4 is 32.6 Å². The monoisotopic (exact) mass is 416 g/mol. The average Bonchev–Trinajstić information content (AvgIpc) is 2.70. The number of fused-ring (bicyclic) bond motifs is 1. The first kappa shape index (κ1) is 20.5. The molecule has 9 nitrogen and oxygen atoms in total. The molecule has 0 saturated carbocycles. The van der Waals surface area contributed by atoms with Crippen molar-refractivity contribution < 1.29 is 13.2 Å². The molecule has 0 spiro atoms. The second kappa shape index (κ2) is 7.63. The van der Waals surface area contributed by atoms with Crippen molar-refractivity contribution in [2.45, 2.75) is 18.2 Å². The highest BCUT2D eigenvalue weighted by Crippen LogP contribution is 2.19. The number of sulfone groups is 1. The Bertz CT molecular complexity index is 1340. The van der Waals surface area contributed by atoms with Crippen molar-refractivity contribution in [1.82, 2.24) is 14.1 Å². The Kier molecular flexibility index (Phi) is 5.38. The predicted octanol–water partition coefficient (Wildman–Crippen LogP) is 0.743. The Hall–Kier alpha value is -3.27. The van der Waals surface area contributed by atoms with E-state index in [1.807, 2.05) is 0 Å². The molecule has 0 aliphatic heterocycles. The van der Waals surface area contributed by atoms with Crippen LogP contribution in [0.2, 0.25) is 0 Å². The average molecular weight is 416 g/mol. The summed E-state index contributed by atoms with van der Waals surface area (Å²) in [4.78, 5) is 40.1. The number of pyridine rings is 1. The third-order valence-electron chi connectivity index (χ3n) is 4.69. The molecule has 3 rings (SSSR count). The van der Waals surface area contributed by atoms with Crippen LogP contribution >= 0.6 is 0 Å². The van der Waals surface area contributed by atoms with Gasteiger partial charge in [0.15, 0.2) is 9.84 Å². The van der Waals surface area contributed by atoms with Crippen LogP contribution in [0, 0.1) is 6.92 Å². The minimum absolute atomic E-state index is 0.0273. The lowest BCUT2D eigenvalue weighted by Gasteiger charge is -2.11. The SMILES string of the molecule is Cc1cccnc1NC(=O)CCS(=O)(=O)c1ccc2c(c1)n(C)c(=O)c(=O)n2C. The minimum Gasteiger partial charge on any atom is -0.310 e. The molecule has 0 unspecified atom stereocenters. The van der Waals surface area contributed by atoms with Gasteiger partial charge in [-0.15, -0.1) is 0 Å². The van der Waals surface area contributed by atoms with E-state index < -0.39 is 32.6 Å². The molecule has 0 atom stereocenters. The van der Waals surface area contributed by atoms with Crippen LogP contribution in [0.4, 0.5) is 5.82 Å². The number of nitrogens with one attached hydrogen (secondary N) is 1. The van der Waals surface area contributed by atoms with E-state index in [1.54, 1.807) is 19.1 Å². The van der Waals surface area contributed by atoms with Gasteiger partial charge in [-0.2, -0.15) is 0 Å². The summed E-state index contributed by atoms with van der Waals surface area (Å²) in [5.41, 5.74) is 0.0627. The molecule has 2 heterocycles. The van der Waals surface area contributed by atoms with Crippen LogP contribution in [0.25, 0.3) is 11.0 Å². The summed E-state index contributed by atoms with van der Waals surface area (Å²) in [6.45, 7) is 1.78. The van der Waals surface area contributed by atoms with Crippen LogP contribution in [0.3, 0.4) is 0 Å². The first-order valence-electron chi connectivity index (χ1n) is 8.76. The van der Waals surface area contributed by atoms with Crippen molar-refractivity contribution in [2.24, 2.45) is 14.1 Å². The highest BCUT2D eigenvalue weighted by Gasteiger charge is 2.19. The number of hydrogen-bond donors (Lipinski definition) is 1. The lowest BCUT2D eigenvalue weighted by molar-refractivity contribution is -0.115. The summed E-state index contributed by atoms with van der Waals surface area (Å²) in [7, 11) is -0.929. The Morgan fingerprint density at radius 1 is 1.07 bits per heavy atom. The van der Waals surface area contributed by atoms with Crippen LogP contribution in [-0.2, 0) is 28.7 Å². The minimum atomic E-state index is -3.79. The summed E-state index contributed by atoms with van der Waals surface area (Å²) in [6, 6.07) is 7.69. The highest BCUT2D eigenvalue weighted by atomic mass is 32.2. The van der Waals surface area contributed by atoms with E-state index in [9.17, 15) is 22.8 Å². The maximum Gasteiger partial charge on any atom is 0.316 e. The van der Waals surface area contributed by atoms with Crippen LogP contribution < -0.4 is 16.4 Å². The quantitative estimate of drug-likeness (QED) is 0.613. The van der Waals surface area contributed by atoms with Crippen LogP contribution in [-0.4, -0.2) is 34.2 Å². The number of carbonyl (C=O) groups is 1. The van der Waals surface area contributed by atoms with Gasteiger partial charge in [-0.25, -0.2) is 13.4 Å². The molecule has 152 valence electrons. The van der Waals surface area contributed by atoms with E-state index >= 15 is 0 Å². The lowest BCUT2D eigenvalue weighted by atomic mass is 10.3. The zero-order valence-electron chi connectivity index (χ0n) is 16.2. The van der Waals surface area contributed by atoms with E-state index in [-0.39, 0.29) is 11.3 Å². The van der Waals surface area contributed by atoms with Gasteiger partial charge in [-0.3, -0.25) is 14.4 Å². The van der Waals surface area contributed by atoms with E-state index in [0.29, 0.717) is 16.9 Å². The normalized spacial score (nSPS) is 11.6. The third-order valence-corrected chi connectivity index (χ3v) is 6.40. The largest absolute Gasteiger partial charge is 0.316 e. The van der Waals surface area contributed by atoms with Crippen molar-refractivity contribution in [3.63, 3.8) is 0 Å². The molecular formula is C19H20N4O5S. The van der Waals surface area contributed by atoms with E-state index in [2.05, 4.69) is 10.3 Å². The van der Waals surface area contributed by atoms with Crippen molar-refractivity contribution in [3.8, 4) is 0 Å². The molecule has 1 N–H and O–H groups in total. The number of amides is 1. The molecule has 0 aliphatic carbocycles. The standard InChI is InChI=1S/C19H20N4O5S/c1-12-5-4-9-20-17(12)21-16(24)8-10-29(27,28)13-6-7-14-15(11-13)23(3)19(26)18(25)22(14)2/h4-7,9,11H,8,10H2,1-3H3,(H,20,21,24). The van der Waals surface area contributed by atoms with Gasteiger partial charge in [0.25, 0.3) is 0 Å². The molecule has 10 heteroatoms. The van der Waals surface area contributed by atoms with Gasteiger partial charge in [0.05, 0.1) is 21.7 Å². The summed E-state index contributed by atoms with van der Waals surface area (Å²) < 4.78 is 27.7. The molecule has 0 radical (unpaired) electrons. The second-order valence-corrected chi connectivity index (χ2v) is 8.77. The van der Waals surface area contributed by atoms with Crippen molar-refractivity contribution in [2.75, 3.05) is 11.1 Å². The first-order valence-corrected chi connectivity index (χ1v) is 10.4. The first-order chi connectivity index (χ1) is 13.6. The van der Waals surface area contributed by atoms with E-state index in [0.717, 1.165) is 10.1 Å². The predicted molar refractivity (Wildman–Crippen MR) is 109 cm³/mol. The van der Waals surface area contributed by atoms with Crippen molar-refractivity contribution in [3.05, 3.63) is 62.8 Å². The smallest absolute Gasteiger partial charge is 0.310 e. The number of aromatic nitrogens is 3. The van der Waals surface area contributed by atoms with Crippen molar-refractivity contribution in [1.29, 1.82) is 0 Å². The molecule has 3 aromatic rings. The molecule has 0 saturated heterocycles. The number of nitrogens with zero attached hydrogens (tertiary/aromatic N) is 3. The Morgan fingerprint density at radius 3 is 2.38 bits per heavy atom. The number of carbonyl (C=O) groups excluding carboxylic acids is 1. The molecule has 1 amide bonds. The summed E-state index contributed by atoms with van der Waals surface area (Å²) in [5, 5.41) is 2.60. The van der Waals surface area contributed by atoms with Gasteiger partial charge in [0.2, 0.25) is 5.91 Å². The number of benzene rings is 1. The Morgan fingerprint density at radius 2 is 1.72 bits per heavy atom. The fourth-order valence-electron chi connectivity index (χ4n) is 2.91. The van der Waals surface area contributed by atoms with Gasteiger partial charge in [-0.05, 0) is 36.8 Å². The topological polar surface area (TPSA) is 120 Å². The zero-order chi connectivity index (χ0) is 21.3. The molecule has 1 aromatic carbocycles. The van der Waals surface area contributed by atoms with E-state index in [4.69, 9.17) is 0 Å². The van der Waals surface area contributed by atoms with Crippen LogP contribution in [0.1, 0.15) is 12.0 Å². The molecule has 0 fully saturated rings. The number of anilines is 1. The lowest BCUT2D eigenvalue weighted by Crippen LogP contribution is -2.39.